The summed E-state index contributed by atoms with van der Waals surface area (Å²) in [5.41, 5.74) is 5.73. The zero-order chi connectivity index (χ0) is 5.98. The van der Waals surface area contributed by atoms with Gasteiger partial charge in [0.25, 0.3) is 0 Å². The number of nitrogens with two attached hydrogens (primary N) is 1. The monoisotopic (exact) mass is 149 g/mol. The molecule has 0 aliphatic heterocycles. The first kappa shape index (κ1) is 9.25. The Labute approximate surface area is 63.4 Å². The van der Waals surface area contributed by atoms with Gasteiger partial charge in [-0.15, -0.1) is 12.4 Å². The zero-order valence-electron chi connectivity index (χ0n) is 5.97. The van der Waals surface area contributed by atoms with Gasteiger partial charge in [-0.25, -0.2) is 0 Å². The average Bonchev–Trinajstić information content (AvgIpc) is 1.64. The van der Waals surface area contributed by atoms with Crippen molar-refractivity contribution < 1.29 is 0 Å². The van der Waals surface area contributed by atoms with E-state index in [4.69, 9.17) is 5.73 Å². The summed E-state index contributed by atoms with van der Waals surface area (Å²) in [6.07, 6.45) is 5.25. The summed E-state index contributed by atoms with van der Waals surface area (Å²) in [4.78, 5) is 0. The van der Waals surface area contributed by atoms with Crippen LogP contribution in [0.2, 0.25) is 0 Å². The summed E-state index contributed by atoms with van der Waals surface area (Å²) in [5.74, 6) is 0.888. The molecule has 56 valence electrons. The molecule has 2 heteroatoms. The molecule has 2 atom stereocenters. The van der Waals surface area contributed by atoms with Gasteiger partial charge in [-0.3, -0.25) is 0 Å². The van der Waals surface area contributed by atoms with Crippen molar-refractivity contribution in [3.63, 3.8) is 0 Å². The van der Waals surface area contributed by atoms with Crippen LogP contribution in [-0.4, -0.2) is 6.04 Å². The number of rotatable bonds is 0. The van der Waals surface area contributed by atoms with Gasteiger partial charge < -0.3 is 5.73 Å². The normalized spacial score (nSPS) is 35.3. The second-order valence-corrected chi connectivity index (χ2v) is 3.03. The Balaban J connectivity index is 0.000000640. The van der Waals surface area contributed by atoms with E-state index in [1.54, 1.807) is 0 Å². The molecule has 2 N–H and O–H groups in total. The van der Waals surface area contributed by atoms with E-state index in [9.17, 15) is 0 Å². The van der Waals surface area contributed by atoms with Crippen LogP contribution in [0.5, 0.6) is 0 Å². The van der Waals surface area contributed by atoms with Crippen LogP contribution >= 0.6 is 12.4 Å². The molecule has 1 rings (SSSR count). The average molecular weight is 150 g/mol. The van der Waals surface area contributed by atoms with Crippen LogP contribution in [0.15, 0.2) is 0 Å². The van der Waals surface area contributed by atoms with Crippen molar-refractivity contribution in [1.82, 2.24) is 0 Å². The Bertz CT molecular complexity index is 67.3. The lowest BCUT2D eigenvalue weighted by molar-refractivity contribution is 0.344. The van der Waals surface area contributed by atoms with E-state index in [0.717, 1.165) is 5.92 Å². The van der Waals surface area contributed by atoms with E-state index in [1.807, 2.05) is 0 Å². The first-order chi connectivity index (χ1) is 3.79. The van der Waals surface area contributed by atoms with Gasteiger partial charge in [0, 0.05) is 6.04 Å². The fourth-order valence-corrected chi connectivity index (χ4v) is 1.48. The Morgan fingerprint density at radius 2 is 2.00 bits per heavy atom. The van der Waals surface area contributed by atoms with Gasteiger partial charge in [0.2, 0.25) is 0 Å². The maximum Gasteiger partial charge on any atom is 0.00413 e. The minimum atomic E-state index is 0. The molecule has 0 spiro atoms. The van der Waals surface area contributed by atoms with E-state index in [2.05, 4.69) is 6.92 Å². The van der Waals surface area contributed by atoms with Gasteiger partial charge >= 0.3 is 0 Å². The van der Waals surface area contributed by atoms with Gasteiger partial charge in [0.05, 0.1) is 0 Å². The van der Waals surface area contributed by atoms with Crippen LogP contribution in [0, 0.1) is 5.92 Å². The molecule has 1 aliphatic rings. The van der Waals surface area contributed by atoms with Crippen molar-refractivity contribution in [2.75, 3.05) is 0 Å². The van der Waals surface area contributed by atoms with Crippen LogP contribution in [0.25, 0.3) is 0 Å². The highest BCUT2D eigenvalue weighted by atomic mass is 35.5. The third kappa shape index (κ3) is 3.07. The standard InChI is InChI=1S/C7H15N.ClH/c1-6-3-2-4-7(8)5-6;/h6-7H,2-5,8H2,1H3;1H/t6-,7-;/m0./s1. The molecule has 0 bridgehead atoms. The second kappa shape index (κ2) is 4.13. The van der Waals surface area contributed by atoms with Crippen molar-refractivity contribution >= 4 is 12.4 Å². The Hall–Kier alpha value is 0.250. The number of hydrogen-bond acceptors (Lipinski definition) is 1. The lowest BCUT2D eigenvalue weighted by Crippen LogP contribution is -2.26. The molecule has 1 nitrogen and oxygen atoms in total. The van der Waals surface area contributed by atoms with Crippen LogP contribution in [0.1, 0.15) is 32.6 Å². The van der Waals surface area contributed by atoms with Gasteiger partial charge in [-0.05, 0) is 18.8 Å². The lowest BCUT2D eigenvalue weighted by Gasteiger charge is -2.22. The van der Waals surface area contributed by atoms with E-state index in [1.165, 1.54) is 25.7 Å². The van der Waals surface area contributed by atoms with E-state index in [-0.39, 0.29) is 12.4 Å². The van der Waals surface area contributed by atoms with Gasteiger partial charge in [-0.2, -0.15) is 0 Å². The fourth-order valence-electron chi connectivity index (χ4n) is 1.48. The minimum absolute atomic E-state index is 0. The van der Waals surface area contributed by atoms with E-state index in [0.29, 0.717) is 6.04 Å². The predicted molar refractivity (Wildman–Crippen MR) is 42.9 cm³/mol. The summed E-state index contributed by atoms with van der Waals surface area (Å²) in [5, 5.41) is 0. The van der Waals surface area contributed by atoms with Gasteiger partial charge in [0.15, 0.2) is 0 Å². The summed E-state index contributed by atoms with van der Waals surface area (Å²) >= 11 is 0. The molecule has 0 heterocycles. The first-order valence-electron chi connectivity index (χ1n) is 3.54. The summed E-state index contributed by atoms with van der Waals surface area (Å²) in [7, 11) is 0. The maximum atomic E-state index is 5.73. The highest BCUT2D eigenvalue weighted by molar-refractivity contribution is 5.85. The highest BCUT2D eigenvalue weighted by Gasteiger charge is 2.13. The van der Waals surface area contributed by atoms with Crippen LogP contribution < -0.4 is 5.73 Å². The SMILES string of the molecule is C[C@H]1CCC[C@H](N)C1.Cl. The molecule has 0 saturated heterocycles. The predicted octanol–water partition coefficient (Wildman–Crippen LogP) is 1.95. The highest BCUT2D eigenvalue weighted by Crippen LogP contribution is 2.21. The third-order valence-corrected chi connectivity index (χ3v) is 1.98. The summed E-state index contributed by atoms with van der Waals surface area (Å²) in [6, 6.07) is 0.513. The van der Waals surface area contributed by atoms with Crippen LogP contribution in [0.4, 0.5) is 0 Å². The molecule has 0 unspecified atom stereocenters. The first-order valence-corrected chi connectivity index (χ1v) is 3.54. The summed E-state index contributed by atoms with van der Waals surface area (Å²) < 4.78 is 0. The maximum absolute atomic E-state index is 5.73. The third-order valence-electron chi connectivity index (χ3n) is 1.98. The molecule has 0 radical (unpaired) electrons. The molecule has 1 saturated carbocycles. The Morgan fingerprint density at radius 1 is 1.33 bits per heavy atom. The smallest absolute Gasteiger partial charge is 0.00413 e. The van der Waals surface area contributed by atoms with Crippen molar-refractivity contribution in [3.05, 3.63) is 0 Å². The van der Waals surface area contributed by atoms with Crippen molar-refractivity contribution in [2.24, 2.45) is 11.7 Å². The molecule has 9 heavy (non-hydrogen) atoms. The molecule has 0 aromatic heterocycles. The molecule has 0 amide bonds. The molecule has 1 aliphatic carbocycles. The molecule has 1 fully saturated rings. The fraction of sp³-hybridized carbons (Fsp3) is 1.00. The second-order valence-electron chi connectivity index (χ2n) is 3.03. The van der Waals surface area contributed by atoms with Crippen LogP contribution in [0.3, 0.4) is 0 Å². The quantitative estimate of drug-likeness (QED) is 0.560. The van der Waals surface area contributed by atoms with E-state index < -0.39 is 0 Å². The lowest BCUT2D eigenvalue weighted by atomic mass is 9.88. The minimum Gasteiger partial charge on any atom is -0.328 e. The van der Waals surface area contributed by atoms with Crippen molar-refractivity contribution in [1.29, 1.82) is 0 Å². The molecular formula is C7H16ClN. The van der Waals surface area contributed by atoms with Gasteiger partial charge in [-0.1, -0.05) is 19.8 Å². The molecule has 0 aromatic carbocycles. The van der Waals surface area contributed by atoms with Crippen LogP contribution in [-0.2, 0) is 0 Å². The molecular weight excluding hydrogens is 134 g/mol. The van der Waals surface area contributed by atoms with Crippen molar-refractivity contribution in [3.8, 4) is 0 Å². The zero-order valence-corrected chi connectivity index (χ0v) is 6.79. The Morgan fingerprint density at radius 3 is 2.33 bits per heavy atom. The molecule has 0 aromatic rings. The summed E-state index contributed by atoms with van der Waals surface area (Å²) in [6.45, 7) is 2.29. The largest absolute Gasteiger partial charge is 0.328 e. The van der Waals surface area contributed by atoms with Crippen molar-refractivity contribution in [2.45, 2.75) is 38.6 Å². The van der Waals surface area contributed by atoms with Gasteiger partial charge in [0.1, 0.15) is 0 Å². The number of hydrogen-bond donors (Lipinski definition) is 1. The van der Waals surface area contributed by atoms with E-state index >= 15 is 0 Å². The topological polar surface area (TPSA) is 26.0 Å². The Kier molecular flexibility index (Phi) is 4.24. The number of halogens is 1.